The first-order valence-corrected chi connectivity index (χ1v) is 7.46. The van der Waals surface area contributed by atoms with Crippen molar-refractivity contribution in [1.82, 2.24) is 0 Å². The molecule has 0 N–H and O–H groups in total. The van der Waals surface area contributed by atoms with Crippen molar-refractivity contribution in [2.45, 2.75) is 0 Å². The van der Waals surface area contributed by atoms with Crippen LogP contribution in [-0.4, -0.2) is 0 Å². The first kappa shape index (κ1) is 14.3. The molecule has 0 atom stereocenters. The average molecular weight is 468 g/mol. The van der Waals surface area contributed by atoms with Gasteiger partial charge in [-0.15, -0.1) is 6.42 Å². The van der Waals surface area contributed by atoms with Crippen LogP contribution in [0.5, 0.6) is 11.5 Å². The van der Waals surface area contributed by atoms with E-state index in [0.29, 0.717) is 0 Å². The molecule has 0 aromatic heterocycles. The predicted molar refractivity (Wildman–Crippen MR) is 90.5 cm³/mol. The Morgan fingerprint density at radius 3 is 1.57 bits per heavy atom. The molecule has 0 fully saturated rings. The van der Waals surface area contributed by atoms with Gasteiger partial charge in [-0.3, -0.25) is 0 Å². The maximum absolute atomic E-state index is 6.16. The number of hydrogen-bond donors (Lipinski definition) is 0. The van der Waals surface area contributed by atoms with Crippen LogP contribution >= 0.6 is 0 Å². The summed E-state index contributed by atoms with van der Waals surface area (Å²) in [4.78, 5) is 0. The van der Waals surface area contributed by atoms with Gasteiger partial charge in [0.15, 0.2) is 0 Å². The van der Waals surface area contributed by atoms with Crippen molar-refractivity contribution in [3.05, 3.63) is 90.3 Å². The topological polar surface area (TPSA) is 9.23 Å². The van der Waals surface area contributed by atoms with Crippen molar-refractivity contribution in [3.8, 4) is 11.5 Å². The molecule has 0 unspecified atom stereocenters. The van der Waals surface area contributed by atoms with E-state index in [-0.39, 0.29) is 20.4 Å². The van der Waals surface area contributed by atoms with E-state index in [9.17, 15) is 0 Å². The van der Waals surface area contributed by atoms with Crippen LogP contribution in [0.15, 0.2) is 72.8 Å². The molecule has 1 nitrogen and oxygen atoms in total. The summed E-state index contributed by atoms with van der Waals surface area (Å²) in [5.74, 6) is 1.86. The molecule has 23 heavy (non-hydrogen) atoms. The van der Waals surface area contributed by atoms with Gasteiger partial charge in [-0.1, -0.05) is 105 Å². The Hall–Kier alpha value is -2.27. The summed E-state index contributed by atoms with van der Waals surface area (Å²) in [6.07, 6.45) is 2.26. The summed E-state index contributed by atoms with van der Waals surface area (Å²) in [7, 11) is 0. The van der Waals surface area contributed by atoms with Crippen LogP contribution in [0, 0.1) is 6.42 Å². The van der Waals surface area contributed by atoms with Crippen LogP contribution in [0.25, 0.3) is 21.5 Å². The number of ether oxygens (including phenoxy) is 1. The van der Waals surface area contributed by atoms with Crippen molar-refractivity contribution in [2.24, 2.45) is 0 Å². The van der Waals surface area contributed by atoms with Gasteiger partial charge in [-0.2, -0.15) is 0 Å². The normalized spacial score (nSPS) is 11.8. The van der Waals surface area contributed by atoms with Crippen molar-refractivity contribution in [2.75, 3.05) is 0 Å². The molecule has 0 saturated heterocycles. The van der Waals surface area contributed by atoms with Gasteiger partial charge < -0.3 is 4.74 Å². The van der Waals surface area contributed by atoms with Crippen molar-refractivity contribution >= 4 is 21.5 Å². The summed E-state index contributed by atoms with van der Waals surface area (Å²) >= 11 is 0. The number of fused-ring (bicyclic) bond motifs is 6. The van der Waals surface area contributed by atoms with Gasteiger partial charge in [0.1, 0.15) is 0 Å². The molecule has 2 heteroatoms. The zero-order chi connectivity index (χ0) is 14.5. The fourth-order valence-electron chi connectivity index (χ4n) is 3.29. The Morgan fingerprint density at radius 2 is 1.04 bits per heavy atom. The second-order valence-corrected chi connectivity index (χ2v) is 5.64. The zero-order valence-corrected chi connectivity index (χ0v) is 15.0. The molecule has 4 aromatic carbocycles. The third-order valence-electron chi connectivity index (χ3n) is 4.37. The van der Waals surface area contributed by atoms with Gasteiger partial charge in [-0.25, -0.2) is 0 Å². The summed E-state index contributed by atoms with van der Waals surface area (Å²) in [5.41, 5.74) is 2.34. The van der Waals surface area contributed by atoms with E-state index in [1.165, 1.54) is 32.7 Å². The van der Waals surface area contributed by atoms with Crippen LogP contribution < -0.4 is 4.74 Å². The fraction of sp³-hybridized carbons (Fsp3) is 0. The minimum absolute atomic E-state index is 0. The fourth-order valence-corrected chi connectivity index (χ4v) is 3.29. The van der Waals surface area contributed by atoms with E-state index in [2.05, 4.69) is 79.2 Å². The number of benzene rings is 4. The molecule has 111 valence electrons. The van der Waals surface area contributed by atoms with E-state index in [1.807, 2.05) is 0 Å². The Labute approximate surface area is 148 Å². The Kier molecular flexibility index (Phi) is 3.38. The number of hydrogen-bond acceptors (Lipinski definition) is 1. The molecular weight excluding hydrogens is 454 g/mol. The largest absolute Gasteiger partial charge is 0.527 e. The summed E-state index contributed by atoms with van der Waals surface area (Å²) in [6.45, 7) is 0. The van der Waals surface area contributed by atoms with Crippen LogP contribution in [0.2, 0.25) is 0 Å². The average Bonchev–Trinajstić information content (AvgIpc) is 2.60. The van der Waals surface area contributed by atoms with Crippen LogP contribution in [0.4, 0.5) is 0 Å². The zero-order valence-electron chi connectivity index (χ0n) is 12.3. The van der Waals surface area contributed by atoms with E-state index in [1.54, 1.807) is 0 Å². The van der Waals surface area contributed by atoms with E-state index in [4.69, 9.17) is 4.74 Å². The number of rotatable bonds is 0. The Morgan fingerprint density at radius 1 is 0.565 bits per heavy atom. The van der Waals surface area contributed by atoms with Gasteiger partial charge in [0, 0.05) is 20.4 Å². The van der Waals surface area contributed by atoms with E-state index < -0.39 is 0 Å². The third-order valence-corrected chi connectivity index (χ3v) is 4.37. The van der Waals surface area contributed by atoms with E-state index >= 15 is 0 Å². The Bertz CT molecular complexity index is 953. The van der Waals surface area contributed by atoms with Crippen molar-refractivity contribution in [1.29, 1.82) is 0 Å². The molecule has 1 aliphatic rings. The molecule has 4 aromatic rings. The molecule has 0 amide bonds. The standard InChI is InChI=1S/C21H13O.Re/c1-3-7-16-14(5-1)9-11-20-18(16)13-19-17-8-4-2-6-15(17)10-12-21(19)22-20;/h1-13H;/q-1;. The first-order chi connectivity index (χ1) is 10.9. The third kappa shape index (κ3) is 2.15. The Balaban J connectivity index is 0.00000135. The molecule has 0 saturated carbocycles. The minimum atomic E-state index is 0. The monoisotopic (exact) mass is 468 g/mol. The molecule has 0 bridgehead atoms. The molecule has 5 rings (SSSR count). The molecule has 1 radical (unpaired) electrons. The van der Waals surface area contributed by atoms with Gasteiger partial charge in [0.2, 0.25) is 0 Å². The van der Waals surface area contributed by atoms with Gasteiger partial charge in [0.25, 0.3) is 0 Å². The van der Waals surface area contributed by atoms with Crippen molar-refractivity contribution in [3.63, 3.8) is 0 Å². The summed E-state index contributed by atoms with van der Waals surface area (Å²) in [6, 6.07) is 25.3. The van der Waals surface area contributed by atoms with Crippen LogP contribution in [0.3, 0.4) is 0 Å². The molecule has 0 aliphatic carbocycles. The van der Waals surface area contributed by atoms with Gasteiger partial charge >= 0.3 is 0 Å². The SMILES string of the molecule is [Re].c1ccc2c3c(ccc2c1)Oc1ccc2ccccc2c1[CH-]3. The molecular formula is C21H13ORe-. The van der Waals surface area contributed by atoms with Gasteiger partial charge in [-0.05, 0) is 0 Å². The quantitative estimate of drug-likeness (QED) is 0.266. The summed E-state index contributed by atoms with van der Waals surface area (Å²) < 4.78 is 6.16. The second-order valence-electron chi connectivity index (χ2n) is 5.64. The molecule has 0 spiro atoms. The summed E-state index contributed by atoms with van der Waals surface area (Å²) in [5, 5.41) is 4.95. The smallest absolute Gasteiger partial charge is 0.0580 e. The predicted octanol–water partition coefficient (Wildman–Crippen LogP) is 5.70. The maximum Gasteiger partial charge on any atom is 0.0580 e. The maximum atomic E-state index is 6.16. The van der Waals surface area contributed by atoms with E-state index in [0.717, 1.165) is 11.5 Å². The molecule has 1 aliphatic heterocycles. The first-order valence-electron chi connectivity index (χ1n) is 7.46. The van der Waals surface area contributed by atoms with Gasteiger partial charge in [0.05, 0.1) is 11.5 Å². The van der Waals surface area contributed by atoms with Crippen molar-refractivity contribution < 1.29 is 25.2 Å². The molecule has 1 heterocycles. The van der Waals surface area contributed by atoms with Crippen LogP contribution in [0.1, 0.15) is 11.1 Å². The second kappa shape index (κ2) is 5.42. The van der Waals surface area contributed by atoms with Crippen LogP contribution in [-0.2, 0) is 20.4 Å². The minimum Gasteiger partial charge on any atom is -0.527 e.